The predicted molar refractivity (Wildman–Crippen MR) is 135 cm³/mol. The summed E-state index contributed by atoms with van der Waals surface area (Å²) >= 11 is 7.39. The van der Waals surface area contributed by atoms with Crippen molar-refractivity contribution in [1.82, 2.24) is 19.9 Å². The van der Waals surface area contributed by atoms with Gasteiger partial charge in [0, 0.05) is 35.7 Å². The molecule has 2 aliphatic heterocycles. The number of methoxy groups -OCH3 is 1. The predicted octanol–water partition coefficient (Wildman–Crippen LogP) is 3.29. The average Bonchev–Trinajstić information content (AvgIpc) is 3.36. The van der Waals surface area contributed by atoms with Crippen LogP contribution in [-0.4, -0.2) is 86.6 Å². The highest BCUT2D eigenvalue weighted by Gasteiger charge is 2.48. The number of ether oxygens (including phenoxy) is 2. The molecule has 9 nitrogen and oxygen atoms in total. The van der Waals surface area contributed by atoms with E-state index >= 15 is 0 Å². The lowest BCUT2D eigenvalue weighted by molar-refractivity contribution is -0.186. The number of aromatic nitrogens is 3. The molecule has 1 aromatic heterocycles. The molecule has 2 aromatic carbocycles. The monoisotopic (exact) mass is 584 g/mol. The van der Waals surface area contributed by atoms with Crippen molar-refractivity contribution in [2.24, 2.45) is 0 Å². The molecule has 2 aliphatic rings. The number of carbonyl (C=O) groups excluding carboxylic acids is 1. The zero-order valence-electron chi connectivity index (χ0n) is 20.5. The molecular weight excluding hydrogens is 561 g/mol. The Morgan fingerprint density at radius 1 is 1.23 bits per heavy atom. The summed E-state index contributed by atoms with van der Waals surface area (Å²) < 4.78 is 54.0. The number of amides is 1. The summed E-state index contributed by atoms with van der Waals surface area (Å²) in [4.78, 5) is 15.3. The van der Waals surface area contributed by atoms with Gasteiger partial charge in [0.25, 0.3) is 5.91 Å². The Labute approximate surface area is 230 Å². The topological polar surface area (TPSA) is 110 Å². The first kappa shape index (κ1) is 27.9. The molecule has 0 spiro atoms. The van der Waals surface area contributed by atoms with Gasteiger partial charge >= 0.3 is 0 Å². The van der Waals surface area contributed by atoms with E-state index in [9.17, 15) is 28.2 Å². The molecule has 0 bridgehead atoms. The number of thioether (sulfide) groups is 1. The summed E-state index contributed by atoms with van der Waals surface area (Å²) in [6.07, 6.45) is -1.04. The van der Waals surface area contributed by atoms with Gasteiger partial charge in [-0.3, -0.25) is 4.79 Å². The molecule has 1 amide bonds. The van der Waals surface area contributed by atoms with E-state index in [2.05, 4.69) is 10.3 Å². The Morgan fingerprint density at radius 3 is 2.56 bits per heavy atom. The molecule has 2 unspecified atom stereocenters. The minimum atomic E-state index is -1.61. The van der Waals surface area contributed by atoms with Gasteiger partial charge in [-0.15, -0.1) is 5.10 Å². The van der Waals surface area contributed by atoms with Crippen molar-refractivity contribution in [3.05, 3.63) is 64.6 Å². The summed E-state index contributed by atoms with van der Waals surface area (Å²) in [6, 6.07) is 5.49. The van der Waals surface area contributed by atoms with E-state index in [1.165, 1.54) is 18.0 Å². The summed E-state index contributed by atoms with van der Waals surface area (Å²) in [5.41, 5.74) is -0.473. The van der Waals surface area contributed by atoms with E-state index in [1.807, 2.05) is 0 Å². The smallest absolute Gasteiger partial charge is 0.254 e. The highest BCUT2D eigenvalue weighted by molar-refractivity contribution is 8.00. The SMILES string of the molecule is COC1[C@@H](Sc2cc(Cl)ccc2C(=O)N2CCC2)OC(CO)[C@H](O)[C@@H]1n1cc(-c2cc(F)c(F)c(F)c2)nn1. The number of likely N-dealkylation sites (tertiary alicyclic amines) is 1. The van der Waals surface area contributed by atoms with Crippen LogP contribution in [-0.2, 0) is 9.47 Å². The molecular formula is C25H24ClF3N4O5S. The van der Waals surface area contributed by atoms with Crippen LogP contribution in [0.2, 0.25) is 5.02 Å². The van der Waals surface area contributed by atoms with Crippen molar-refractivity contribution in [2.45, 2.75) is 41.1 Å². The van der Waals surface area contributed by atoms with Crippen LogP contribution in [0.5, 0.6) is 0 Å². The maximum absolute atomic E-state index is 13.8. The molecule has 0 saturated carbocycles. The first-order valence-electron chi connectivity index (χ1n) is 12.0. The molecule has 208 valence electrons. The van der Waals surface area contributed by atoms with Gasteiger partial charge in [-0.1, -0.05) is 28.6 Å². The lowest BCUT2D eigenvalue weighted by atomic mass is 9.97. The van der Waals surface area contributed by atoms with Crippen LogP contribution in [0.1, 0.15) is 22.8 Å². The second kappa shape index (κ2) is 11.4. The molecule has 5 rings (SSSR count). The van der Waals surface area contributed by atoms with E-state index in [4.69, 9.17) is 21.1 Å². The van der Waals surface area contributed by atoms with Crippen molar-refractivity contribution >= 4 is 29.3 Å². The van der Waals surface area contributed by atoms with Crippen LogP contribution in [0.15, 0.2) is 41.4 Å². The normalized spacial score (nSPS) is 25.0. The number of hydrogen-bond acceptors (Lipinski definition) is 8. The minimum absolute atomic E-state index is 0.0170. The van der Waals surface area contributed by atoms with Gasteiger partial charge in [-0.05, 0) is 36.8 Å². The Bertz CT molecular complexity index is 1350. The number of benzene rings is 2. The Kier molecular flexibility index (Phi) is 8.17. The molecule has 0 aliphatic carbocycles. The van der Waals surface area contributed by atoms with Crippen LogP contribution in [0.3, 0.4) is 0 Å². The third-order valence-electron chi connectivity index (χ3n) is 6.75. The van der Waals surface area contributed by atoms with Gasteiger partial charge in [0.05, 0.1) is 18.4 Å². The zero-order valence-corrected chi connectivity index (χ0v) is 22.1. The summed E-state index contributed by atoms with van der Waals surface area (Å²) in [5.74, 6) is -4.53. The number of aliphatic hydroxyl groups is 2. The summed E-state index contributed by atoms with van der Waals surface area (Å²) in [6.45, 7) is 0.767. The summed E-state index contributed by atoms with van der Waals surface area (Å²) in [5, 5.41) is 29.4. The van der Waals surface area contributed by atoms with Gasteiger partial charge in [0.2, 0.25) is 0 Å². The largest absolute Gasteiger partial charge is 0.394 e. The van der Waals surface area contributed by atoms with Crippen LogP contribution in [0.4, 0.5) is 13.2 Å². The molecule has 2 N–H and O–H groups in total. The number of aliphatic hydroxyl groups excluding tert-OH is 2. The highest BCUT2D eigenvalue weighted by atomic mass is 35.5. The van der Waals surface area contributed by atoms with Crippen molar-refractivity contribution < 1.29 is 37.7 Å². The molecule has 0 radical (unpaired) electrons. The van der Waals surface area contributed by atoms with Crippen LogP contribution < -0.4 is 0 Å². The Balaban J connectivity index is 1.47. The second-order valence-electron chi connectivity index (χ2n) is 9.15. The quantitative estimate of drug-likeness (QED) is 0.407. The van der Waals surface area contributed by atoms with E-state index in [-0.39, 0.29) is 17.2 Å². The van der Waals surface area contributed by atoms with E-state index in [0.717, 1.165) is 30.3 Å². The first-order valence-corrected chi connectivity index (χ1v) is 13.3. The maximum atomic E-state index is 13.8. The van der Waals surface area contributed by atoms with E-state index in [1.54, 1.807) is 23.1 Å². The maximum Gasteiger partial charge on any atom is 0.254 e. The third-order valence-corrected chi connectivity index (χ3v) is 8.19. The fourth-order valence-electron chi connectivity index (χ4n) is 4.55. The number of rotatable bonds is 7. The average molecular weight is 585 g/mol. The Morgan fingerprint density at radius 2 is 1.95 bits per heavy atom. The summed E-state index contributed by atoms with van der Waals surface area (Å²) in [7, 11) is 1.40. The van der Waals surface area contributed by atoms with Gasteiger partial charge in [-0.2, -0.15) is 0 Å². The number of halogens is 4. The second-order valence-corrected chi connectivity index (χ2v) is 10.7. The van der Waals surface area contributed by atoms with Crippen molar-refractivity contribution in [2.75, 3.05) is 26.8 Å². The molecule has 14 heteroatoms. The van der Waals surface area contributed by atoms with Gasteiger partial charge in [0.15, 0.2) is 17.5 Å². The lowest BCUT2D eigenvalue weighted by Crippen LogP contribution is -2.55. The first-order chi connectivity index (χ1) is 18.7. The van der Waals surface area contributed by atoms with E-state index in [0.29, 0.717) is 28.6 Å². The van der Waals surface area contributed by atoms with Crippen LogP contribution >= 0.6 is 23.4 Å². The standard InChI is InChI=1S/C25H24ClF3N4O5S/c1-37-23-21(33-10-17(30-31-33)12-7-15(27)20(29)16(28)8-12)22(35)18(11-34)38-25(23)39-19-9-13(26)3-4-14(19)24(36)32-5-2-6-32/h3-4,7-10,18,21-23,25,34-35H,2,5-6,11H2,1H3/t18?,21-,22-,23?,25+/m0/s1. The fourth-order valence-corrected chi connectivity index (χ4v) is 6.12. The molecule has 2 saturated heterocycles. The van der Waals surface area contributed by atoms with Crippen LogP contribution in [0.25, 0.3) is 11.3 Å². The highest BCUT2D eigenvalue weighted by Crippen LogP contribution is 2.41. The van der Waals surface area contributed by atoms with Gasteiger partial charge < -0.3 is 24.6 Å². The van der Waals surface area contributed by atoms with Crippen LogP contribution in [0, 0.1) is 17.5 Å². The number of nitrogens with zero attached hydrogens (tertiary/aromatic N) is 4. The van der Waals surface area contributed by atoms with Crippen molar-refractivity contribution in [3.8, 4) is 11.3 Å². The van der Waals surface area contributed by atoms with Gasteiger partial charge in [0.1, 0.15) is 35.5 Å². The Hall–Kier alpha value is -2.68. The van der Waals surface area contributed by atoms with Crippen molar-refractivity contribution in [1.29, 1.82) is 0 Å². The molecule has 2 fully saturated rings. The fraction of sp³-hybridized carbons (Fsp3) is 0.400. The number of carbonyl (C=O) groups is 1. The van der Waals surface area contributed by atoms with Crippen molar-refractivity contribution in [3.63, 3.8) is 0 Å². The van der Waals surface area contributed by atoms with Gasteiger partial charge in [-0.25, -0.2) is 17.9 Å². The zero-order chi connectivity index (χ0) is 27.8. The number of hydrogen-bond donors (Lipinski definition) is 2. The molecule has 5 atom stereocenters. The minimum Gasteiger partial charge on any atom is -0.394 e. The lowest BCUT2D eigenvalue weighted by Gasteiger charge is -2.43. The molecule has 3 aromatic rings. The van der Waals surface area contributed by atoms with E-state index < -0.39 is 53.8 Å². The molecule has 39 heavy (non-hydrogen) atoms. The molecule has 3 heterocycles. The third kappa shape index (κ3) is 5.39.